The minimum Gasteiger partial charge on any atom is -0.316 e. The molecule has 2 aliphatic rings. The van der Waals surface area contributed by atoms with Gasteiger partial charge in [0, 0.05) is 30.2 Å². The highest BCUT2D eigenvalue weighted by Gasteiger charge is 2.53. The zero-order chi connectivity index (χ0) is 12.8. The maximum Gasteiger partial charge on any atom is 0.193 e. The summed E-state index contributed by atoms with van der Waals surface area (Å²) >= 11 is 1.72. The number of hydrogen-bond donors (Lipinski definition) is 1. The van der Waals surface area contributed by atoms with E-state index in [9.17, 15) is 0 Å². The van der Waals surface area contributed by atoms with Crippen molar-refractivity contribution in [2.45, 2.75) is 38.1 Å². The molecule has 3 nitrogen and oxygen atoms in total. The van der Waals surface area contributed by atoms with E-state index < -0.39 is 0 Å². The molecule has 2 aromatic heterocycles. The lowest BCUT2D eigenvalue weighted by atomic mass is 10.0. The Hall–Kier alpha value is -0.870. The van der Waals surface area contributed by atoms with Crippen LogP contribution in [0.4, 0.5) is 0 Å². The maximum atomic E-state index is 4.73. The number of thiazole rings is 1. The molecule has 0 saturated heterocycles. The molecule has 2 aliphatic carbocycles. The number of aromatic nitrogens is 2. The molecule has 19 heavy (non-hydrogen) atoms. The number of rotatable bonds is 4. The normalized spacial score (nSPS) is 31.3. The van der Waals surface area contributed by atoms with Gasteiger partial charge in [-0.2, -0.15) is 0 Å². The fourth-order valence-electron chi connectivity index (χ4n) is 4.17. The smallest absolute Gasteiger partial charge is 0.193 e. The van der Waals surface area contributed by atoms with E-state index in [-0.39, 0.29) is 0 Å². The van der Waals surface area contributed by atoms with E-state index in [1.165, 1.54) is 31.4 Å². The van der Waals surface area contributed by atoms with Crippen molar-refractivity contribution >= 4 is 16.3 Å². The Kier molecular flexibility index (Phi) is 2.88. The summed E-state index contributed by atoms with van der Waals surface area (Å²) in [6, 6.07) is 0.623. The summed E-state index contributed by atoms with van der Waals surface area (Å²) in [7, 11) is 2.12. The lowest BCUT2D eigenvalue weighted by Gasteiger charge is -2.15. The van der Waals surface area contributed by atoms with Gasteiger partial charge in [0.1, 0.15) is 0 Å². The van der Waals surface area contributed by atoms with Crippen LogP contribution in [0.1, 0.15) is 31.4 Å². The molecule has 2 heterocycles. The highest BCUT2D eigenvalue weighted by atomic mass is 32.1. The summed E-state index contributed by atoms with van der Waals surface area (Å²) in [5.41, 5.74) is 1.25. The number of imidazole rings is 1. The highest BCUT2D eigenvalue weighted by Crippen LogP contribution is 2.57. The summed E-state index contributed by atoms with van der Waals surface area (Å²) in [6.45, 7) is 0. The van der Waals surface area contributed by atoms with Gasteiger partial charge in [-0.1, -0.05) is 12.8 Å². The molecule has 2 aromatic rings. The van der Waals surface area contributed by atoms with Crippen molar-refractivity contribution in [3.63, 3.8) is 0 Å². The molecule has 3 unspecified atom stereocenters. The zero-order valence-corrected chi connectivity index (χ0v) is 12.2. The summed E-state index contributed by atoms with van der Waals surface area (Å²) < 4.78 is 2.15. The summed E-state index contributed by atoms with van der Waals surface area (Å²) in [5, 5.41) is 5.65. The van der Waals surface area contributed by atoms with Crippen molar-refractivity contribution < 1.29 is 0 Å². The topological polar surface area (TPSA) is 29.3 Å². The molecule has 0 aromatic carbocycles. The van der Waals surface area contributed by atoms with Gasteiger partial charge >= 0.3 is 0 Å². The molecule has 4 rings (SSSR count). The van der Waals surface area contributed by atoms with Gasteiger partial charge in [-0.15, -0.1) is 11.3 Å². The number of likely N-dealkylation sites (N-methyl/N-ethyl adjacent to an activating group) is 1. The molecule has 1 N–H and O–H groups in total. The van der Waals surface area contributed by atoms with Crippen LogP contribution in [0.15, 0.2) is 17.8 Å². The van der Waals surface area contributed by atoms with Gasteiger partial charge in [0.25, 0.3) is 0 Å². The quantitative estimate of drug-likeness (QED) is 0.929. The highest BCUT2D eigenvalue weighted by molar-refractivity contribution is 7.15. The maximum absolute atomic E-state index is 4.73. The van der Waals surface area contributed by atoms with Gasteiger partial charge in [0.2, 0.25) is 0 Å². The van der Waals surface area contributed by atoms with Crippen molar-refractivity contribution in [3.8, 4) is 0 Å². The van der Waals surface area contributed by atoms with Crippen molar-refractivity contribution in [3.05, 3.63) is 23.5 Å². The van der Waals surface area contributed by atoms with Crippen LogP contribution in [0.2, 0.25) is 0 Å². The van der Waals surface area contributed by atoms with Crippen LogP contribution in [0.5, 0.6) is 0 Å². The van der Waals surface area contributed by atoms with E-state index in [0.29, 0.717) is 6.04 Å². The van der Waals surface area contributed by atoms with E-state index in [4.69, 9.17) is 4.98 Å². The molecule has 3 atom stereocenters. The molecular weight excluding hydrogens is 254 g/mol. The lowest BCUT2D eigenvalue weighted by molar-refractivity contribution is 0.457. The summed E-state index contributed by atoms with van der Waals surface area (Å²) in [4.78, 5) is 5.85. The summed E-state index contributed by atoms with van der Waals surface area (Å²) in [5.74, 6) is 2.93. The Balaban J connectivity index is 1.49. The first kappa shape index (κ1) is 11.9. The first-order chi connectivity index (χ1) is 9.36. The van der Waals surface area contributed by atoms with Crippen LogP contribution >= 0.6 is 11.3 Å². The van der Waals surface area contributed by atoms with Gasteiger partial charge in [0.15, 0.2) is 4.96 Å². The second kappa shape index (κ2) is 4.60. The second-order valence-electron chi connectivity index (χ2n) is 6.11. The second-order valence-corrected chi connectivity index (χ2v) is 6.99. The zero-order valence-electron chi connectivity index (χ0n) is 11.4. The minimum absolute atomic E-state index is 0.623. The van der Waals surface area contributed by atoms with Gasteiger partial charge in [0.05, 0.1) is 5.69 Å². The van der Waals surface area contributed by atoms with Crippen molar-refractivity contribution in [1.82, 2.24) is 14.7 Å². The van der Waals surface area contributed by atoms with Crippen molar-refractivity contribution in [1.29, 1.82) is 0 Å². The largest absolute Gasteiger partial charge is 0.316 e. The van der Waals surface area contributed by atoms with E-state index >= 15 is 0 Å². The van der Waals surface area contributed by atoms with Crippen molar-refractivity contribution in [2.75, 3.05) is 7.05 Å². The van der Waals surface area contributed by atoms with E-state index in [0.717, 1.165) is 29.1 Å². The monoisotopic (exact) mass is 275 g/mol. The number of hydrogen-bond acceptors (Lipinski definition) is 3. The van der Waals surface area contributed by atoms with E-state index in [1.807, 2.05) is 0 Å². The predicted octanol–water partition coefficient (Wildman–Crippen LogP) is 2.96. The average molecular weight is 275 g/mol. The lowest BCUT2D eigenvalue weighted by Crippen LogP contribution is -2.31. The molecule has 4 heteroatoms. The van der Waals surface area contributed by atoms with Crippen LogP contribution in [-0.4, -0.2) is 22.5 Å². The van der Waals surface area contributed by atoms with E-state index in [2.05, 4.69) is 34.5 Å². The first-order valence-electron chi connectivity index (χ1n) is 7.45. The van der Waals surface area contributed by atoms with Crippen LogP contribution in [0, 0.1) is 17.8 Å². The molecule has 2 saturated carbocycles. The third kappa shape index (κ3) is 2.01. The standard InChI is InChI=1S/C15H21N3S/c1-16-13(14-11-4-2-3-5-12(11)14)8-10-9-18-6-7-19-15(18)17-10/h6-7,9,11-14,16H,2-5,8H2,1H3. The Morgan fingerprint density at radius 3 is 2.89 bits per heavy atom. The molecule has 0 radical (unpaired) electrons. The van der Waals surface area contributed by atoms with Crippen LogP contribution < -0.4 is 5.32 Å². The Morgan fingerprint density at radius 1 is 1.42 bits per heavy atom. The number of nitrogens with zero attached hydrogens (tertiary/aromatic N) is 2. The summed E-state index contributed by atoms with van der Waals surface area (Å²) in [6.07, 6.45) is 11.2. The molecular formula is C15H21N3S. The Bertz CT molecular complexity index is 532. The fourth-order valence-corrected chi connectivity index (χ4v) is 4.89. The Morgan fingerprint density at radius 2 is 2.21 bits per heavy atom. The molecule has 0 amide bonds. The van der Waals surface area contributed by atoms with Crippen LogP contribution in [0.25, 0.3) is 4.96 Å². The third-order valence-corrected chi connectivity index (χ3v) is 5.90. The third-order valence-electron chi connectivity index (χ3n) is 5.13. The fraction of sp³-hybridized carbons (Fsp3) is 0.667. The van der Waals surface area contributed by atoms with Crippen molar-refractivity contribution in [2.24, 2.45) is 17.8 Å². The van der Waals surface area contributed by atoms with E-state index in [1.54, 1.807) is 11.3 Å². The molecule has 102 valence electrons. The van der Waals surface area contributed by atoms with Gasteiger partial charge < -0.3 is 5.32 Å². The number of nitrogens with one attached hydrogen (secondary N) is 1. The van der Waals surface area contributed by atoms with Gasteiger partial charge in [-0.3, -0.25) is 4.40 Å². The van der Waals surface area contributed by atoms with Crippen LogP contribution in [-0.2, 0) is 6.42 Å². The molecule has 0 bridgehead atoms. The number of fused-ring (bicyclic) bond motifs is 2. The van der Waals surface area contributed by atoms with Gasteiger partial charge in [-0.05, 0) is 37.6 Å². The predicted molar refractivity (Wildman–Crippen MR) is 78.6 cm³/mol. The first-order valence-corrected chi connectivity index (χ1v) is 8.33. The molecule has 2 fully saturated rings. The van der Waals surface area contributed by atoms with Gasteiger partial charge in [-0.25, -0.2) is 4.98 Å². The molecule has 0 aliphatic heterocycles. The minimum atomic E-state index is 0.623. The molecule has 0 spiro atoms. The van der Waals surface area contributed by atoms with Crippen LogP contribution in [0.3, 0.4) is 0 Å². The Labute approximate surface area is 118 Å². The average Bonchev–Trinajstić information content (AvgIpc) is 2.76. The SMILES string of the molecule is CNC(Cc1cn2ccsc2n1)C1C2CCCCC21.